The van der Waals surface area contributed by atoms with Gasteiger partial charge >= 0.3 is 12.1 Å². The highest BCUT2D eigenvalue weighted by molar-refractivity contribution is 5.80. The lowest BCUT2D eigenvalue weighted by Crippen LogP contribution is -2.37. The fourth-order valence-corrected chi connectivity index (χ4v) is 2.04. The van der Waals surface area contributed by atoms with Gasteiger partial charge in [-0.2, -0.15) is 9.28 Å². The van der Waals surface area contributed by atoms with E-state index in [9.17, 15) is 14.7 Å². The smallest absolute Gasteiger partial charge is 0.464 e. The second kappa shape index (κ2) is 4.18. The summed E-state index contributed by atoms with van der Waals surface area (Å²) in [7, 11) is 1.28. The normalized spacial score (nSPS) is 26.3. The van der Waals surface area contributed by atoms with Crippen LogP contribution in [0.25, 0.3) is 0 Å². The van der Waals surface area contributed by atoms with E-state index in [1.165, 1.54) is 7.11 Å². The molecule has 1 aliphatic heterocycles. The Hall–Kier alpha value is -1.88. The van der Waals surface area contributed by atoms with Crippen molar-refractivity contribution < 1.29 is 23.9 Å². The molecule has 1 aromatic carbocycles. The van der Waals surface area contributed by atoms with E-state index < -0.39 is 18.1 Å². The van der Waals surface area contributed by atoms with E-state index in [0.29, 0.717) is 13.1 Å². The van der Waals surface area contributed by atoms with Gasteiger partial charge in [-0.25, -0.2) is 4.79 Å². The van der Waals surface area contributed by atoms with Crippen molar-refractivity contribution in [1.29, 1.82) is 0 Å². The molecule has 1 N–H and O–H groups in total. The van der Waals surface area contributed by atoms with Gasteiger partial charge in [0.05, 0.1) is 7.11 Å². The number of rotatable bonds is 3. The zero-order chi connectivity index (χ0) is 12.5. The highest BCUT2D eigenvalue weighted by atomic mass is 16.5. The summed E-state index contributed by atoms with van der Waals surface area (Å²) in [6, 6.07) is 8.71. The molecule has 1 unspecified atom stereocenters. The summed E-state index contributed by atoms with van der Waals surface area (Å²) >= 11 is 0. The van der Waals surface area contributed by atoms with E-state index in [0.717, 1.165) is 5.56 Å². The molecule has 1 aliphatic rings. The van der Waals surface area contributed by atoms with Crippen LogP contribution in [0.5, 0.6) is 0 Å². The predicted molar refractivity (Wildman–Crippen MR) is 59.1 cm³/mol. The summed E-state index contributed by atoms with van der Waals surface area (Å²) in [5, 5.41) is 9.24. The summed E-state index contributed by atoms with van der Waals surface area (Å²) in [5.41, 5.74) is 0.904. The summed E-state index contributed by atoms with van der Waals surface area (Å²) in [5.74, 6) is -0.455. The zero-order valence-corrected chi connectivity index (χ0v) is 9.50. The van der Waals surface area contributed by atoms with Crippen LogP contribution in [-0.4, -0.2) is 41.3 Å². The molecule has 17 heavy (non-hydrogen) atoms. The van der Waals surface area contributed by atoms with Crippen LogP contribution in [0.15, 0.2) is 30.3 Å². The van der Waals surface area contributed by atoms with Crippen LogP contribution in [0.4, 0.5) is 4.79 Å². The van der Waals surface area contributed by atoms with Crippen LogP contribution in [0.2, 0.25) is 0 Å². The van der Waals surface area contributed by atoms with Crippen molar-refractivity contribution in [2.75, 3.05) is 13.7 Å². The topological polar surface area (TPSA) is 63.6 Å². The first-order valence-electron chi connectivity index (χ1n) is 5.32. The van der Waals surface area contributed by atoms with Gasteiger partial charge in [-0.1, -0.05) is 30.3 Å². The molecule has 0 bridgehead atoms. The number of hydrogen-bond donors (Lipinski definition) is 1. The van der Waals surface area contributed by atoms with Gasteiger partial charge < -0.3 is 9.84 Å². The number of carbonyl (C=O) groups excluding carboxylic acids is 1. The molecule has 5 nitrogen and oxygen atoms in total. The Balaban J connectivity index is 2.17. The summed E-state index contributed by atoms with van der Waals surface area (Å²) in [6.07, 6.45) is -0.982. The Kier molecular flexibility index (Phi) is 2.85. The fraction of sp³-hybridized carbons (Fsp3) is 0.333. The van der Waals surface area contributed by atoms with Gasteiger partial charge in [0.15, 0.2) is 6.54 Å². The SMILES string of the molecule is COC(=O)[C@@H]1C[N+]1(Cc1ccccc1)C(=O)O. The first-order chi connectivity index (χ1) is 8.10. The van der Waals surface area contributed by atoms with Gasteiger partial charge in [-0.05, 0) is 0 Å². The average molecular weight is 236 g/mol. The molecule has 2 rings (SSSR count). The molecule has 0 aliphatic carbocycles. The zero-order valence-electron chi connectivity index (χ0n) is 9.50. The first kappa shape index (κ1) is 11.6. The Morgan fingerprint density at radius 2 is 2.06 bits per heavy atom. The van der Waals surface area contributed by atoms with Gasteiger partial charge in [0, 0.05) is 5.56 Å². The van der Waals surface area contributed by atoms with Crippen LogP contribution in [0, 0.1) is 0 Å². The maximum atomic E-state index is 11.4. The number of nitrogens with zero attached hydrogens (tertiary/aromatic N) is 1. The molecule has 0 spiro atoms. The fourth-order valence-electron chi connectivity index (χ4n) is 2.04. The minimum Gasteiger partial charge on any atom is -0.464 e. The van der Waals surface area contributed by atoms with E-state index in [1.807, 2.05) is 30.3 Å². The van der Waals surface area contributed by atoms with Crippen molar-refractivity contribution in [3.63, 3.8) is 0 Å². The quantitative estimate of drug-likeness (QED) is 0.487. The molecule has 5 heteroatoms. The number of ether oxygens (including phenoxy) is 1. The second-order valence-corrected chi connectivity index (χ2v) is 4.18. The van der Waals surface area contributed by atoms with Crippen molar-refractivity contribution >= 4 is 12.1 Å². The number of methoxy groups -OCH3 is 1. The van der Waals surface area contributed by atoms with E-state index in [1.54, 1.807) is 0 Å². The Labute approximate surface area is 98.8 Å². The summed E-state index contributed by atoms with van der Waals surface area (Å²) in [6.45, 7) is 0.618. The molecule has 1 saturated heterocycles. The molecule has 0 aromatic heterocycles. The van der Waals surface area contributed by atoms with Crippen molar-refractivity contribution in [2.24, 2.45) is 0 Å². The van der Waals surface area contributed by atoms with Crippen LogP contribution in [0.1, 0.15) is 5.56 Å². The molecule has 1 heterocycles. The van der Waals surface area contributed by atoms with Crippen LogP contribution >= 0.6 is 0 Å². The lowest BCUT2D eigenvalue weighted by atomic mass is 10.2. The molecule has 0 saturated carbocycles. The lowest BCUT2D eigenvalue weighted by molar-refractivity contribution is -0.746. The third kappa shape index (κ3) is 2.01. The summed E-state index contributed by atoms with van der Waals surface area (Å²) in [4.78, 5) is 22.7. The minimum atomic E-state index is -0.982. The Morgan fingerprint density at radius 1 is 1.41 bits per heavy atom. The maximum absolute atomic E-state index is 11.4. The highest BCUT2D eigenvalue weighted by Gasteiger charge is 2.66. The van der Waals surface area contributed by atoms with Gasteiger partial charge in [0.25, 0.3) is 0 Å². The first-order valence-corrected chi connectivity index (χ1v) is 5.32. The molecule has 0 radical (unpaired) electrons. The third-order valence-corrected chi connectivity index (χ3v) is 3.12. The van der Waals surface area contributed by atoms with Gasteiger partial charge in [-0.15, -0.1) is 0 Å². The maximum Gasteiger partial charge on any atom is 0.514 e. The molecule has 1 fully saturated rings. The lowest BCUT2D eigenvalue weighted by Gasteiger charge is -2.13. The molecule has 1 aromatic rings. The predicted octanol–water partition coefficient (Wildman–Crippen LogP) is 1.24. The standard InChI is InChI=1S/C12H13NO4/c1-17-11(14)10-8-13(10,12(15)16)7-9-5-3-2-4-6-9/h2-6,10H,7-8H2,1H3/p+1/t10-,13?/m0/s1. The van der Waals surface area contributed by atoms with Crippen LogP contribution in [0.3, 0.4) is 0 Å². The molecule has 90 valence electrons. The van der Waals surface area contributed by atoms with Crippen molar-refractivity contribution in [2.45, 2.75) is 12.6 Å². The van der Waals surface area contributed by atoms with Crippen molar-refractivity contribution in [3.8, 4) is 0 Å². The number of esters is 1. The van der Waals surface area contributed by atoms with Gasteiger partial charge in [0.1, 0.15) is 6.54 Å². The number of quaternary nitrogens is 1. The molecule has 1 amide bonds. The highest BCUT2D eigenvalue weighted by Crippen LogP contribution is 2.35. The number of carboxylic acid groups (broad SMARTS) is 1. The van der Waals surface area contributed by atoms with Gasteiger partial charge in [0.2, 0.25) is 6.04 Å². The largest absolute Gasteiger partial charge is 0.514 e. The van der Waals surface area contributed by atoms with Crippen LogP contribution in [-0.2, 0) is 16.1 Å². The number of benzene rings is 1. The Bertz CT molecular complexity index is 445. The second-order valence-electron chi connectivity index (χ2n) is 4.18. The van der Waals surface area contributed by atoms with E-state index >= 15 is 0 Å². The third-order valence-electron chi connectivity index (χ3n) is 3.12. The number of amides is 1. The van der Waals surface area contributed by atoms with Gasteiger partial charge in [-0.3, -0.25) is 0 Å². The van der Waals surface area contributed by atoms with E-state index in [2.05, 4.69) is 4.74 Å². The average Bonchev–Trinajstić information content (AvgIpc) is 3.05. The minimum absolute atomic E-state index is 0.253. The van der Waals surface area contributed by atoms with E-state index in [4.69, 9.17) is 0 Å². The molecular formula is C12H14NO4+. The monoisotopic (exact) mass is 236 g/mol. The van der Waals surface area contributed by atoms with Crippen LogP contribution < -0.4 is 0 Å². The number of carbonyl (C=O) groups is 2. The molecule has 2 atom stereocenters. The van der Waals surface area contributed by atoms with Crippen molar-refractivity contribution in [3.05, 3.63) is 35.9 Å². The number of hydrogen-bond acceptors (Lipinski definition) is 3. The summed E-state index contributed by atoms with van der Waals surface area (Å²) < 4.78 is 4.35. The molecular weight excluding hydrogens is 222 g/mol. The Morgan fingerprint density at radius 3 is 2.59 bits per heavy atom. The van der Waals surface area contributed by atoms with Crippen molar-refractivity contribution in [1.82, 2.24) is 0 Å². The van der Waals surface area contributed by atoms with E-state index in [-0.39, 0.29) is 4.48 Å².